The van der Waals surface area contributed by atoms with Gasteiger partial charge in [-0.1, -0.05) is 30.3 Å². The zero-order valence-corrected chi connectivity index (χ0v) is 16.3. The Morgan fingerprint density at radius 3 is 2.71 bits per heavy atom. The van der Waals surface area contributed by atoms with E-state index in [-0.39, 0.29) is 11.9 Å². The third kappa shape index (κ3) is 4.68. The monoisotopic (exact) mass is 383 g/mol. The first kappa shape index (κ1) is 19.9. The van der Waals surface area contributed by atoms with Gasteiger partial charge < -0.3 is 15.5 Å². The maximum absolute atomic E-state index is 13.3. The molecule has 0 bridgehead atoms. The van der Waals surface area contributed by atoms with Crippen molar-refractivity contribution < 1.29 is 14.0 Å². The summed E-state index contributed by atoms with van der Waals surface area (Å²) in [5.74, 6) is -0.462. The van der Waals surface area contributed by atoms with Gasteiger partial charge in [0.05, 0.1) is 5.41 Å². The van der Waals surface area contributed by atoms with Crippen molar-refractivity contribution in [1.82, 2.24) is 10.2 Å². The molecule has 0 radical (unpaired) electrons. The lowest BCUT2D eigenvalue weighted by molar-refractivity contribution is -0.132. The zero-order valence-electron chi connectivity index (χ0n) is 16.3. The molecule has 2 N–H and O–H groups in total. The molecule has 3 rings (SSSR count). The molecule has 1 atom stereocenters. The lowest BCUT2D eigenvalue weighted by atomic mass is 9.81. The predicted molar refractivity (Wildman–Crippen MR) is 107 cm³/mol. The molecule has 148 valence electrons. The van der Waals surface area contributed by atoms with Gasteiger partial charge in [0.15, 0.2) is 0 Å². The van der Waals surface area contributed by atoms with Crippen LogP contribution >= 0.6 is 0 Å². The van der Waals surface area contributed by atoms with Crippen molar-refractivity contribution in [3.05, 3.63) is 65.5 Å². The minimum atomic E-state index is -0.653. The molecule has 0 aliphatic carbocycles. The maximum atomic E-state index is 13.3. The number of piperidine rings is 1. The number of hydrogen-bond acceptors (Lipinski definition) is 2. The Hall–Kier alpha value is -2.89. The number of hydrogen-bond donors (Lipinski definition) is 2. The largest absolute Gasteiger partial charge is 0.351 e. The molecule has 0 aromatic heterocycles. The summed E-state index contributed by atoms with van der Waals surface area (Å²) in [5, 5.41) is 5.73. The highest BCUT2D eigenvalue weighted by molar-refractivity contribution is 5.90. The SMILES string of the molecule is Cc1ccccc1CNC(=O)[C@@]1(C)CCCN(C(=O)Nc2cccc(F)c2)C1. The Balaban J connectivity index is 1.61. The quantitative estimate of drug-likeness (QED) is 0.836. The molecule has 0 saturated carbocycles. The van der Waals surface area contributed by atoms with Crippen LogP contribution in [0.4, 0.5) is 14.9 Å². The Bertz CT molecular complexity index is 870. The van der Waals surface area contributed by atoms with Crippen molar-refractivity contribution in [1.29, 1.82) is 0 Å². The molecule has 0 unspecified atom stereocenters. The van der Waals surface area contributed by atoms with Gasteiger partial charge in [0.25, 0.3) is 0 Å². The van der Waals surface area contributed by atoms with Gasteiger partial charge in [0, 0.05) is 25.3 Å². The highest BCUT2D eigenvalue weighted by Crippen LogP contribution is 2.30. The minimum Gasteiger partial charge on any atom is -0.351 e. The number of urea groups is 1. The van der Waals surface area contributed by atoms with Gasteiger partial charge in [-0.3, -0.25) is 4.79 Å². The van der Waals surface area contributed by atoms with Crippen LogP contribution in [0.1, 0.15) is 30.9 Å². The fourth-order valence-corrected chi connectivity index (χ4v) is 3.56. The van der Waals surface area contributed by atoms with Gasteiger partial charge in [-0.2, -0.15) is 0 Å². The number of benzene rings is 2. The third-order valence-electron chi connectivity index (χ3n) is 5.31. The van der Waals surface area contributed by atoms with Crippen molar-refractivity contribution >= 4 is 17.6 Å². The van der Waals surface area contributed by atoms with Gasteiger partial charge in [0.2, 0.25) is 5.91 Å². The lowest BCUT2D eigenvalue weighted by Gasteiger charge is -2.39. The standard InChI is InChI=1S/C22H26FN3O2/c1-16-7-3-4-8-17(16)14-24-20(27)22(2)11-6-12-26(15-22)21(28)25-19-10-5-9-18(23)13-19/h3-5,7-10,13H,6,11-12,14-15H2,1-2H3,(H,24,27)(H,25,28)/t22-/m0/s1. The van der Waals surface area contributed by atoms with E-state index in [1.165, 1.54) is 12.1 Å². The average molecular weight is 383 g/mol. The Labute approximate surface area is 164 Å². The molecule has 0 spiro atoms. The molecular formula is C22H26FN3O2. The first-order valence-electron chi connectivity index (χ1n) is 9.52. The Kier molecular flexibility index (Phi) is 5.97. The van der Waals surface area contributed by atoms with Crippen LogP contribution in [0.5, 0.6) is 0 Å². The van der Waals surface area contributed by atoms with E-state index in [2.05, 4.69) is 10.6 Å². The van der Waals surface area contributed by atoms with Crippen LogP contribution < -0.4 is 10.6 Å². The molecule has 2 aromatic rings. The highest BCUT2D eigenvalue weighted by atomic mass is 19.1. The number of anilines is 1. The smallest absolute Gasteiger partial charge is 0.321 e. The molecule has 1 heterocycles. The van der Waals surface area contributed by atoms with Crippen LogP contribution in [0.2, 0.25) is 0 Å². The predicted octanol–water partition coefficient (Wildman–Crippen LogP) is 4.08. The Morgan fingerprint density at radius 2 is 1.96 bits per heavy atom. The minimum absolute atomic E-state index is 0.0565. The van der Waals surface area contributed by atoms with E-state index >= 15 is 0 Å². The number of halogens is 1. The fourth-order valence-electron chi connectivity index (χ4n) is 3.56. The van der Waals surface area contributed by atoms with Crippen molar-refractivity contribution in [2.24, 2.45) is 5.41 Å². The van der Waals surface area contributed by atoms with E-state index in [0.717, 1.165) is 24.0 Å². The summed E-state index contributed by atoms with van der Waals surface area (Å²) in [4.78, 5) is 27.1. The number of nitrogens with one attached hydrogen (secondary N) is 2. The lowest BCUT2D eigenvalue weighted by Crippen LogP contribution is -2.52. The van der Waals surface area contributed by atoms with Crippen LogP contribution in [0.3, 0.4) is 0 Å². The van der Waals surface area contributed by atoms with Crippen molar-refractivity contribution in [2.45, 2.75) is 33.2 Å². The first-order chi connectivity index (χ1) is 13.4. The molecule has 1 fully saturated rings. The second-order valence-corrected chi connectivity index (χ2v) is 7.64. The van der Waals surface area contributed by atoms with Crippen molar-refractivity contribution in [2.75, 3.05) is 18.4 Å². The summed E-state index contributed by atoms with van der Waals surface area (Å²) in [6.07, 6.45) is 1.46. The van der Waals surface area contributed by atoms with Gasteiger partial charge in [0.1, 0.15) is 5.82 Å². The van der Waals surface area contributed by atoms with Gasteiger partial charge in [-0.15, -0.1) is 0 Å². The summed E-state index contributed by atoms with van der Waals surface area (Å²) in [6, 6.07) is 13.4. The van der Waals surface area contributed by atoms with Gasteiger partial charge in [-0.05, 0) is 56.0 Å². The topological polar surface area (TPSA) is 61.4 Å². The molecule has 6 heteroatoms. The number of likely N-dealkylation sites (tertiary alicyclic amines) is 1. The van der Waals surface area contributed by atoms with Crippen LogP contribution in [0, 0.1) is 18.2 Å². The molecular weight excluding hydrogens is 357 g/mol. The molecule has 5 nitrogen and oxygen atoms in total. The number of rotatable bonds is 4. The molecule has 3 amide bonds. The van der Waals surface area contributed by atoms with Crippen molar-refractivity contribution in [3.63, 3.8) is 0 Å². The van der Waals surface area contributed by atoms with Crippen LogP contribution in [-0.2, 0) is 11.3 Å². The second-order valence-electron chi connectivity index (χ2n) is 7.64. The highest BCUT2D eigenvalue weighted by Gasteiger charge is 2.39. The molecule has 1 aliphatic rings. The van der Waals surface area contributed by atoms with E-state index in [0.29, 0.717) is 25.3 Å². The van der Waals surface area contributed by atoms with E-state index in [1.54, 1.807) is 17.0 Å². The zero-order chi connectivity index (χ0) is 20.1. The first-order valence-corrected chi connectivity index (χ1v) is 9.52. The van der Waals surface area contributed by atoms with Crippen LogP contribution in [-0.4, -0.2) is 29.9 Å². The fraction of sp³-hybridized carbons (Fsp3) is 0.364. The Morgan fingerprint density at radius 1 is 1.18 bits per heavy atom. The number of carbonyl (C=O) groups excluding carboxylic acids is 2. The summed E-state index contributed by atoms with van der Waals surface area (Å²) in [5.41, 5.74) is 1.96. The number of aryl methyl sites for hydroxylation is 1. The van der Waals surface area contributed by atoms with Crippen LogP contribution in [0.25, 0.3) is 0 Å². The van der Waals surface area contributed by atoms with E-state index in [4.69, 9.17) is 0 Å². The van der Waals surface area contributed by atoms with Gasteiger partial charge in [-0.25, -0.2) is 9.18 Å². The van der Waals surface area contributed by atoms with Crippen molar-refractivity contribution in [3.8, 4) is 0 Å². The molecule has 1 saturated heterocycles. The summed E-state index contributed by atoms with van der Waals surface area (Å²) in [6.45, 7) is 5.27. The number of nitrogens with zero attached hydrogens (tertiary/aromatic N) is 1. The van der Waals surface area contributed by atoms with E-state index < -0.39 is 11.2 Å². The van der Waals surface area contributed by atoms with Gasteiger partial charge >= 0.3 is 6.03 Å². The van der Waals surface area contributed by atoms with Crippen LogP contribution in [0.15, 0.2) is 48.5 Å². The molecule has 1 aliphatic heterocycles. The van der Waals surface area contributed by atoms with E-state index in [9.17, 15) is 14.0 Å². The average Bonchev–Trinajstić information content (AvgIpc) is 2.67. The summed E-state index contributed by atoms with van der Waals surface area (Å²) in [7, 11) is 0. The number of amides is 3. The molecule has 28 heavy (non-hydrogen) atoms. The summed E-state index contributed by atoms with van der Waals surface area (Å²) >= 11 is 0. The second kappa shape index (κ2) is 8.42. The third-order valence-corrected chi connectivity index (χ3v) is 5.31. The maximum Gasteiger partial charge on any atom is 0.321 e. The summed E-state index contributed by atoms with van der Waals surface area (Å²) < 4.78 is 13.3. The normalized spacial score (nSPS) is 19.2. The number of carbonyl (C=O) groups is 2. The van der Waals surface area contributed by atoms with E-state index in [1.807, 2.05) is 38.1 Å². The molecule has 2 aromatic carbocycles.